The fourth-order valence-electron chi connectivity index (χ4n) is 1.38. The molecule has 0 aromatic heterocycles. The van der Waals surface area contributed by atoms with Crippen LogP contribution in [0.3, 0.4) is 0 Å². The SMILES string of the molecule is Cc1ccc(C)c(C(=O)NCC(O)C(F)(F)F)c1. The molecular weight excluding hydrogens is 247 g/mol. The van der Waals surface area contributed by atoms with Gasteiger partial charge in [0.2, 0.25) is 0 Å². The second-order valence-electron chi connectivity index (χ2n) is 4.09. The van der Waals surface area contributed by atoms with Crippen LogP contribution >= 0.6 is 0 Å². The minimum Gasteiger partial charge on any atom is -0.382 e. The summed E-state index contributed by atoms with van der Waals surface area (Å²) in [7, 11) is 0. The number of aliphatic hydroxyl groups is 1. The summed E-state index contributed by atoms with van der Waals surface area (Å²) in [6, 6.07) is 5.10. The number of nitrogens with one attached hydrogen (secondary N) is 1. The first-order valence-electron chi connectivity index (χ1n) is 5.32. The van der Waals surface area contributed by atoms with Crippen LogP contribution in [0.15, 0.2) is 18.2 Å². The van der Waals surface area contributed by atoms with Crippen LogP contribution in [-0.2, 0) is 0 Å². The van der Waals surface area contributed by atoms with E-state index in [1.165, 1.54) is 0 Å². The normalized spacial score (nSPS) is 13.2. The highest BCUT2D eigenvalue weighted by Crippen LogP contribution is 2.19. The molecule has 2 N–H and O–H groups in total. The molecule has 0 saturated heterocycles. The van der Waals surface area contributed by atoms with Crippen molar-refractivity contribution in [3.05, 3.63) is 34.9 Å². The van der Waals surface area contributed by atoms with Gasteiger partial charge >= 0.3 is 6.18 Å². The molecule has 3 nitrogen and oxygen atoms in total. The molecule has 1 amide bonds. The molecule has 1 rings (SSSR count). The molecule has 18 heavy (non-hydrogen) atoms. The van der Waals surface area contributed by atoms with Gasteiger partial charge in [0, 0.05) is 5.56 Å². The Balaban J connectivity index is 2.69. The van der Waals surface area contributed by atoms with Crippen LogP contribution < -0.4 is 5.32 Å². The fraction of sp³-hybridized carbons (Fsp3) is 0.417. The van der Waals surface area contributed by atoms with Crippen molar-refractivity contribution in [2.24, 2.45) is 0 Å². The lowest BCUT2D eigenvalue weighted by atomic mass is 10.1. The molecule has 0 spiro atoms. The largest absolute Gasteiger partial charge is 0.416 e. The van der Waals surface area contributed by atoms with E-state index in [-0.39, 0.29) is 0 Å². The Bertz CT molecular complexity index is 443. The first kappa shape index (κ1) is 14.5. The van der Waals surface area contributed by atoms with Crippen molar-refractivity contribution in [1.82, 2.24) is 5.32 Å². The van der Waals surface area contributed by atoms with E-state index in [9.17, 15) is 18.0 Å². The first-order chi connectivity index (χ1) is 8.21. The molecule has 0 bridgehead atoms. The molecule has 0 saturated carbocycles. The van der Waals surface area contributed by atoms with E-state index in [1.54, 1.807) is 32.0 Å². The van der Waals surface area contributed by atoms with Crippen LogP contribution in [0.25, 0.3) is 0 Å². The van der Waals surface area contributed by atoms with Crippen molar-refractivity contribution >= 4 is 5.91 Å². The molecule has 0 radical (unpaired) electrons. The molecule has 1 aromatic rings. The van der Waals surface area contributed by atoms with Crippen LogP contribution in [0.4, 0.5) is 13.2 Å². The van der Waals surface area contributed by atoms with E-state index < -0.39 is 24.7 Å². The summed E-state index contributed by atoms with van der Waals surface area (Å²) in [4.78, 5) is 11.7. The molecule has 0 aliphatic heterocycles. The highest BCUT2D eigenvalue weighted by molar-refractivity contribution is 5.95. The number of halogens is 3. The van der Waals surface area contributed by atoms with Crippen LogP contribution in [0.5, 0.6) is 0 Å². The molecule has 1 unspecified atom stereocenters. The maximum atomic E-state index is 12.0. The molecule has 6 heteroatoms. The number of amides is 1. The molecule has 0 aliphatic carbocycles. The standard InChI is InChI=1S/C12H14F3NO2/c1-7-3-4-8(2)9(5-7)11(18)16-6-10(17)12(13,14)15/h3-5,10,17H,6H2,1-2H3,(H,16,18). The maximum Gasteiger partial charge on any atom is 0.416 e. The van der Waals surface area contributed by atoms with Gasteiger partial charge in [0.1, 0.15) is 0 Å². The lowest BCUT2D eigenvalue weighted by Gasteiger charge is -2.15. The summed E-state index contributed by atoms with van der Waals surface area (Å²) < 4.78 is 36.1. The van der Waals surface area contributed by atoms with Crippen LogP contribution in [0.1, 0.15) is 21.5 Å². The number of benzene rings is 1. The minimum absolute atomic E-state index is 0.310. The minimum atomic E-state index is -4.73. The summed E-state index contributed by atoms with van der Waals surface area (Å²) in [5, 5.41) is 10.8. The number of hydrogen-bond donors (Lipinski definition) is 2. The quantitative estimate of drug-likeness (QED) is 0.873. The smallest absolute Gasteiger partial charge is 0.382 e. The summed E-state index contributed by atoms with van der Waals surface area (Å²) in [5.74, 6) is -0.625. The second kappa shape index (κ2) is 5.39. The van der Waals surface area contributed by atoms with Gasteiger partial charge in [-0.1, -0.05) is 17.7 Å². The summed E-state index contributed by atoms with van der Waals surface area (Å²) in [6.45, 7) is 2.62. The average Bonchev–Trinajstić information content (AvgIpc) is 2.27. The van der Waals surface area contributed by atoms with Gasteiger partial charge < -0.3 is 10.4 Å². The van der Waals surface area contributed by atoms with Crippen LogP contribution in [-0.4, -0.2) is 29.8 Å². The Labute approximate surface area is 103 Å². The van der Waals surface area contributed by atoms with E-state index in [2.05, 4.69) is 5.32 Å². The van der Waals surface area contributed by atoms with Crippen molar-refractivity contribution in [3.63, 3.8) is 0 Å². The molecule has 0 heterocycles. The third-order valence-electron chi connectivity index (χ3n) is 2.47. The number of hydrogen-bond acceptors (Lipinski definition) is 2. The Morgan fingerprint density at radius 1 is 1.39 bits per heavy atom. The van der Waals surface area contributed by atoms with Crippen molar-refractivity contribution in [2.75, 3.05) is 6.54 Å². The zero-order chi connectivity index (χ0) is 13.9. The van der Waals surface area contributed by atoms with E-state index in [0.29, 0.717) is 11.1 Å². The lowest BCUT2D eigenvalue weighted by Crippen LogP contribution is -2.40. The monoisotopic (exact) mass is 261 g/mol. The molecule has 100 valence electrons. The third kappa shape index (κ3) is 3.73. The number of carbonyl (C=O) groups excluding carboxylic acids is 1. The van der Waals surface area contributed by atoms with Gasteiger partial charge in [-0.15, -0.1) is 0 Å². The third-order valence-corrected chi connectivity index (χ3v) is 2.47. The molecule has 0 fully saturated rings. The molecular formula is C12H14F3NO2. The first-order valence-corrected chi connectivity index (χ1v) is 5.32. The predicted octanol–water partition coefficient (Wildman–Crippen LogP) is 1.96. The number of aryl methyl sites for hydroxylation is 2. The van der Waals surface area contributed by atoms with Gasteiger partial charge in [-0.2, -0.15) is 13.2 Å². The number of rotatable bonds is 3. The van der Waals surface area contributed by atoms with E-state index in [4.69, 9.17) is 5.11 Å². The van der Waals surface area contributed by atoms with E-state index in [1.807, 2.05) is 0 Å². The van der Waals surface area contributed by atoms with Gasteiger partial charge in [0.15, 0.2) is 6.10 Å². The van der Waals surface area contributed by atoms with Gasteiger partial charge in [0.05, 0.1) is 6.54 Å². The lowest BCUT2D eigenvalue weighted by molar-refractivity contribution is -0.201. The Morgan fingerprint density at radius 3 is 2.56 bits per heavy atom. The van der Waals surface area contributed by atoms with Crippen molar-refractivity contribution in [2.45, 2.75) is 26.1 Å². The second-order valence-corrected chi connectivity index (χ2v) is 4.09. The summed E-state index contributed by atoms with van der Waals surface area (Å²) >= 11 is 0. The number of aliphatic hydroxyl groups excluding tert-OH is 1. The van der Waals surface area contributed by atoms with Crippen molar-refractivity contribution in [1.29, 1.82) is 0 Å². The highest BCUT2D eigenvalue weighted by Gasteiger charge is 2.38. The summed E-state index contributed by atoms with van der Waals surface area (Å²) in [5.41, 5.74) is 1.81. The van der Waals surface area contributed by atoms with Gasteiger partial charge in [-0.3, -0.25) is 4.79 Å². The summed E-state index contributed by atoms with van der Waals surface area (Å²) in [6.07, 6.45) is -7.28. The Hall–Kier alpha value is -1.56. The molecule has 1 atom stereocenters. The predicted molar refractivity (Wildman–Crippen MR) is 60.3 cm³/mol. The fourth-order valence-corrected chi connectivity index (χ4v) is 1.38. The molecule has 1 aromatic carbocycles. The van der Waals surface area contributed by atoms with E-state index in [0.717, 1.165) is 5.56 Å². The Morgan fingerprint density at radius 2 is 2.00 bits per heavy atom. The van der Waals surface area contributed by atoms with E-state index >= 15 is 0 Å². The topological polar surface area (TPSA) is 49.3 Å². The van der Waals surface area contributed by atoms with Crippen LogP contribution in [0, 0.1) is 13.8 Å². The zero-order valence-electron chi connectivity index (χ0n) is 10.0. The number of carbonyl (C=O) groups is 1. The van der Waals surface area contributed by atoms with Crippen molar-refractivity contribution in [3.8, 4) is 0 Å². The van der Waals surface area contributed by atoms with Gasteiger partial charge in [-0.25, -0.2) is 0 Å². The van der Waals surface area contributed by atoms with Crippen LogP contribution in [0.2, 0.25) is 0 Å². The van der Waals surface area contributed by atoms with Gasteiger partial charge in [-0.05, 0) is 25.5 Å². The van der Waals surface area contributed by atoms with Gasteiger partial charge in [0.25, 0.3) is 5.91 Å². The number of alkyl halides is 3. The zero-order valence-corrected chi connectivity index (χ0v) is 10.0. The molecule has 0 aliphatic rings. The van der Waals surface area contributed by atoms with Crippen molar-refractivity contribution < 1.29 is 23.1 Å². The highest BCUT2D eigenvalue weighted by atomic mass is 19.4. The maximum absolute atomic E-state index is 12.0. The average molecular weight is 261 g/mol. The Kier molecular flexibility index (Phi) is 4.34.